The second kappa shape index (κ2) is 8.55. The molecular formula is C22H23N3O4. The molecule has 1 aromatic carbocycles. The van der Waals surface area contributed by atoms with E-state index in [0.29, 0.717) is 31.0 Å². The first-order valence-electron chi connectivity index (χ1n) is 9.58. The SMILES string of the molecule is COc1ccc(Cc2cc(C(=O)NC3CCOCC3O)nc3ccccc23)cn1. The number of nitrogens with one attached hydrogen (secondary N) is 1. The van der Waals surface area contributed by atoms with Crippen LogP contribution in [0.4, 0.5) is 0 Å². The fraction of sp³-hybridized carbons (Fsp3) is 0.318. The molecule has 3 aromatic rings. The smallest absolute Gasteiger partial charge is 0.270 e. The second-order valence-electron chi connectivity index (χ2n) is 7.08. The summed E-state index contributed by atoms with van der Waals surface area (Å²) in [6.07, 6.45) is 2.25. The molecule has 0 saturated carbocycles. The van der Waals surface area contributed by atoms with Gasteiger partial charge in [-0.05, 0) is 36.1 Å². The number of benzene rings is 1. The number of nitrogens with zero attached hydrogens (tertiary/aromatic N) is 2. The fourth-order valence-corrected chi connectivity index (χ4v) is 3.50. The Balaban J connectivity index is 1.63. The van der Waals surface area contributed by atoms with Gasteiger partial charge in [-0.1, -0.05) is 24.3 Å². The molecule has 0 spiro atoms. The van der Waals surface area contributed by atoms with Gasteiger partial charge in [-0.25, -0.2) is 9.97 Å². The lowest BCUT2D eigenvalue weighted by Gasteiger charge is -2.28. The van der Waals surface area contributed by atoms with E-state index in [0.717, 1.165) is 22.0 Å². The average molecular weight is 393 g/mol. The molecule has 2 aromatic heterocycles. The number of fused-ring (bicyclic) bond motifs is 1. The largest absolute Gasteiger partial charge is 0.481 e. The summed E-state index contributed by atoms with van der Waals surface area (Å²) in [5.74, 6) is 0.263. The zero-order valence-corrected chi connectivity index (χ0v) is 16.2. The van der Waals surface area contributed by atoms with Gasteiger partial charge in [0.1, 0.15) is 5.69 Å². The molecule has 3 heterocycles. The van der Waals surface area contributed by atoms with E-state index in [1.54, 1.807) is 13.3 Å². The Bertz CT molecular complexity index is 1010. The minimum Gasteiger partial charge on any atom is -0.481 e. The average Bonchev–Trinajstić information content (AvgIpc) is 2.76. The van der Waals surface area contributed by atoms with Crippen molar-refractivity contribution in [2.75, 3.05) is 20.3 Å². The Morgan fingerprint density at radius 1 is 1.31 bits per heavy atom. The number of aliphatic hydroxyl groups is 1. The molecule has 1 aliphatic rings. The number of rotatable bonds is 5. The number of carbonyl (C=O) groups excluding carboxylic acids is 1. The van der Waals surface area contributed by atoms with Crippen molar-refractivity contribution >= 4 is 16.8 Å². The van der Waals surface area contributed by atoms with Crippen LogP contribution in [0.3, 0.4) is 0 Å². The number of pyridine rings is 2. The van der Waals surface area contributed by atoms with Crippen LogP contribution in [0.25, 0.3) is 10.9 Å². The van der Waals surface area contributed by atoms with E-state index in [2.05, 4.69) is 15.3 Å². The maximum absolute atomic E-state index is 12.8. The van der Waals surface area contributed by atoms with Crippen molar-refractivity contribution in [3.63, 3.8) is 0 Å². The maximum atomic E-state index is 12.8. The van der Waals surface area contributed by atoms with Crippen LogP contribution in [0.1, 0.15) is 28.0 Å². The quantitative estimate of drug-likeness (QED) is 0.690. The lowest BCUT2D eigenvalue weighted by atomic mass is 10.0. The Kier molecular flexibility index (Phi) is 5.69. The molecule has 2 atom stereocenters. The van der Waals surface area contributed by atoms with Crippen LogP contribution in [0.15, 0.2) is 48.7 Å². The molecule has 7 heteroatoms. The van der Waals surface area contributed by atoms with Crippen LogP contribution in [0, 0.1) is 0 Å². The second-order valence-corrected chi connectivity index (χ2v) is 7.08. The minimum atomic E-state index is -0.710. The van der Waals surface area contributed by atoms with Gasteiger partial charge in [0, 0.05) is 24.3 Å². The van der Waals surface area contributed by atoms with Crippen LogP contribution in [0.2, 0.25) is 0 Å². The third kappa shape index (κ3) is 4.36. The highest BCUT2D eigenvalue weighted by atomic mass is 16.5. The summed E-state index contributed by atoms with van der Waals surface area (Å²) in [5, 5.41) is 13.9. The number of methoxy groups -OCH3 is 1. The highest BCUT2D eigenvalue weighted by molar-refractivity contribution is 5.96. The predicted octanol–water partition coefficient (Wildman–Crippen LogP) is 2.11. The zero-order valence-electron chi connectivity index (χ0n) is 16.2. The number of aliphatic hydroxyl groups excluding tert-OH is 1. The standard InChI is InChI=1S/C22H23N3O4/c1-28-21-7-6-14(12-23-21)10-15-11-19(24-17-5-3-2-4-16(15)17)22(27)25-18-8-9-29-13-20(18)26/h2-7,11-12,18,20,26H,8-10,13H2,1H3,(H,25,27). The Hall–Kier alpha value is -3.03. The highest BCUT2D eigenvalue weighted by Crippen LogP contribution is 2.22. The van der Waals surface area contributed by atoms with Gasteiger partial charge >= 0.3 is 0 Å². The van der Waals surface area contributed by atoms with Gasteiger partial charge < -0.3 is 19.9 Å². The van der Waals surface area contributed by atoms with E-state index >= 15 is 0 Å². The number of amides is 1. The van der Waals surface area contributed by atoms with Crippen LogP contribution in [-0.2, 0) is 11.2 Å². The van der Waals surface area contributed by atoms with Crippen molar-refractivity contribution in [2.45, 2.75) is 25.0 Å². The molecule has 0 radical (unpaired) electrons. The summed E-state index contributed by atoms with van der Waals surface area (Å²) in [7, 11) is 1.58. The molecule has 29 heavy (non-hydrogen) atoms. The molecule has 150 valence electrons. The monoisotopic (exact) mass is 393 g/mol. The van der Waals surface area contributed by atoms with Gasteiger partial charge in [0.25, 0.3) is 5.91 Å². The first kappa shape index (κ1) is 19.3. The van der Waals surface area contributed by atoms with Crippen molar-refractivity contribution in [1.29, 1.82) is 0 Å². The normalized spacial score (nSPS) is 19.1. The third-order valence-electron chi connectivity index (χ3n) is 5.08. The maximum Gasteiger partial charge on any atom is 0.270 e. The summed E-state index contributed by atoms with van der Waals surface area (Å²) in [6.45, 7) is 0.745. The van der Waals surface area contributed by atoms with E-state index in [-0.39, 0.29) is 18.6 Å². The van der Waals surface area contributed by atoms with E-state index in [4.69, 9.17) is 9.47 Å². The number of carbonyl (C=O) groups is 1. The van der Waals surface area contributed by atoms with Crippen molar-refractivity contribution in [1.82, 2.24) is 15.3 Å². The zero-order chi connectivity index (χ0) is 20.2. The Morgan fingerprint density at radius 3 is 2.93 bits per heavy atom. The van der Waals surface area contributed by atoms with E-state index in [9.17, 15) is 9.90 Å². The molecule has 0 aliphatic carbocycles. The van der Waals surface area contributed by atoms with Crippen molar-refractivity contribution in [3.8, 4) is 5.88 Å². The van der Waals surface area contributed by atoms with Gasteiger partial charge in [-0.15, -0.1) is 0 Å². The van der Waals surface area contributed by atoms with E-state index < -0.39 is 6.10 Å². The highest BCUT2D eigenvalue weighted by Gasteiger charge is 2.26. The lowest BCUT2D eigenvalue weighted by molar-refractivity contribution is -0.0261. The summed E-state index contributed by atoms with van der Waals surface area (Å²) >= 11 is 0. The Morgan fingerprint density at radius 2 is 2.17 bits per heavy atom. The van der Waals surface area contributed by atoms with Gasteiger partial charge in [0.15, 0.2) is 0 Å². The van der Waals surface area contributed by atoms with Crippen LogP contribution < -0.4 is 10.1 Å². The van der Waals surface area contributed by atoms with Crippen LogP contribution >= 0.6 is 0 Å². The molecule has 1 saturated heterocycles. The molecule has 2 N–H and O–H groups in total. The predicted molar refractivity (Wildman–Crippen MR) is 108 cm³/mol. The van der Waals surface area contributed by atoms with Gasteiger partial charge in [-0.3, -0.25) is 4.79 Å². The Labute approximate surface area is 168 Å². The first-order chi connectivity index (χ1) is 14.1. The van der Waals surface area contributed by atoms with Crippen molar-refractivity contribution < 1.29 is 19.4 Å². The first-order valence-corrected chi connectivity index (χ1v) is 9.58. The fourth-order valence-electron chi connectivity index (χ4n) is 3.50. The summed E-state index contributed by atoms with van der Waals surface area (Å²) in [6, 6.07) is 13.0. The minimum absolute atomic E-state index is 0.228. The molecule has 1 aliphatic heterocycles. The molecular weight excluding hydrogens is 370 g/mol. The molecule has 4 rings (SSSR count). The molecule has 2 unspecified atom stereocenters. The van der Waals surface area contributed by atoms with Gasteiger partial charge in [0.05, 0.1) is 31.4 Å². The van der Waals surface area contributed by atoms with Crippen molar-refractivity contribution in [2.24, 2.45) is 0 Å². The van der Waals surface area contributed by atoms with E-state index in [1.165, 1.54) is 0 Å². The molecule has 0 bridgehead atoms. The summed E-state index contributed by atoms with van der Waals surface area (Å²) < 4.78 is 10.3. The number of aromatic nitrogens is 2. The lowest BCUT2D eigenvalue weighted by Crippen LogP contribution is -2.48. The topological polar surface area (TPSA) is 93.6 Å². The van der Waals surface area contributed by atoms with Crippen LogP contribution in [0.5, 0.6) is 5.88 Å². The number of para-hydroxylation sites is 1. The molecule has 7 nitrogen and oxygen atoms in total. The number of ether oxygens (including phenoxy) is 2. The number of hydrogen-bond acceptors (Lipinski definition) is 6. The van der Waals surface area contributed by atoms with Crippen molar-refractivity contribution in [3.05, 3.63) is 65.5 Å². The van der Waals surface area contributed by atoms with Gasteiger partial charge in [0.2, 0.25) is 5.88 Å². The van der Waals surface area contributed by atoms with E-state index in [1.807, 2.05) is 42.5 Å². The van der Waals surface area contributed by atoms with Gasteiger partial charge in [-0.2, -0.15) is 0 Å². The summed E-state index contributed by atoms with van der Waals surface area (Å²) in [5.41, 5.74) is 3.08. The molecule has 1 amide bonds. The molecule has 1 fully saturated rings. The number of hydrogen-bond donors (Lipinski definition) is 2. The van der Waals surface area contributed by atoms with Crippen LogP contribution in [-0.4, -0.2) is 53.5 Å². The third-order valence-corrected chi connectivity index (χ3v) is 5.08. The summed E-state index contributed by atoms with van der Waals surface area (Å²) in [4.78, 5) is 21.6.